The average molecular weight is 286 g/mol. The zero-order chi connectivity index (χ0) is 14.8. The number of methoxy groups -OCH3 is 1. The molecule has 2 atom stereocenters. The number of morpholine rings is 1. The van der Waals surface area contributed by atoms with Gasteiger partial charge in [0.05, 0.1) is 13.2 Å². The lowest BCUT2D eigenvalue weighted by Gasteiger charge is -2.48. The summed E-state index contributed by atoms with van der Waals surface area (Å²) in [5.74, 6) is 0. The molecule has 0 aliphatic carbocycles. The van der Waals surface area contributed by atoms with Crippen LogP contribution in [-0.2, 0) is 9.47 Å². The number of nitrogens with one attached hydrogen (secondary N) is 1. The summed E-state index contributed by atoms with van der Waals surface area (Å²) in [6, 6.07) is 0.528. The molecule has 1 aliphatic rings. The van der Waals surface area contributed by atoms with Crippen LogP contribution < -0.4 is 5.32 Å². The highest BCUT2D eigenvalue weighted by atomic mass is 16.5. The van der Waals surface area contributed by atoms with Gasteiger partial charge in [0.1, 0.15) is 0 Å². The molecule has 20 heavy (non-hydrogen) atoms. The summed E-state index contributed by atoms with van der Waals surface area (Å²) in [6.07, 6.45) is 4.65. The van der Waals surface area contributed by atoms with Crippen LogP contribution in [0.5, 0.6) is 0 Å². The van der Waals surface area contributed by atoms with Crippen LogP contribution in [0.1, 0.15) is 46.5 Å². The molecular weight excluding hydrogens is 252 g/mol. The van der Waals surface area contributed by atoms with E-state index in [1.165, 1.54) is 19.3 Å². The van der Waals surface area contributed by atoms with Crippen LogP contribution in [0.15, 0.2) is 0 Å². The fraction of sp³-hybridized carbons (Fsp3) is 1.00. The molecule has 4 heteroatoms. The topological polar surface area (TPSA) is 33.7 Å². The highest BCUT2D eigenvalue weighted by molar-refractivity contribution is 4.97. The Labute approximate surface area is 125 Å². The van der Waals surface area contributed by atoms with Gasteiger partial charge in [0.2, 0.25) is 0 Å². The summed E-state index contributed by atoms with van der Waals surface area (Å²) in [6.45, 7) is 12.8. The van der Waals surface area contributed by atoms with E-state index in [1.54, 1.807) is 7.11 Å². The van der Waals surface area contributed by atoms with Crippen molar-refractivity contribution in [1.82, 2.24) is 10.2 Å². The lowest BCUT2D eigenvalue weighted by Crippen LogP contribution is -2.61. The van der Waals surface area contributed by atoms with Crippen molar-refractivity contribution >= 4 is 0 Å². The van der Waals surface area contributed by atoms with E-state index in [0.29, 0.717) is 6.04 Å². The van der Waals surface area contributed by atoms with Gasteiger partial charge < -0.3 is 14.8 Å². The van der Waals surface area contributed by atoms with Gasteiger partial charge >= 0.3 is 0 Å². The molecular formula is C16H34N2O2. The predicted molar refractivity (Wildman–Crippen MR) is 84.3 cm³/mol. The molecule has 4 nitrogen and oxygen atoms in total. The second-order valence-electron chi connectivity index (χ2n) is 5.95. The van der Waals surface area contributed by atoms with Crippen LogP contribution in [0.4, 0.5) is 0 Å². The first-order valence-electron chi connectivity index (χ1n) is 8.24. The third-order valence-corrected chi connectivity index (χ3v) is 4.68. The maximum atomic E-state index is 5.52. The lowest BCUT2D eigenvalue weighted by atomic mass is 9.84. The predicted octanol–water partition coefficient (Wildman–Crippen LogP) is 2.28. The van der Waals surface area contributed by atoms with Crippen LogP contribution in [0.25, 0.3) is 0 Å². The smallest absolute Gasteiger partial charge is 0.0594 e. The minimum Gasteiger partial charge on any atom is -0.385 e. The monoisotopic (exact) mass is 286 g/mol. The van der Waals surface area contributed by atoms with Gasteiger partial charge in [-0.1, -0.05) is 13.8 Å². The minimum absolute atomic E-state index is 0.215. The lowest BCUT2D eigenvalue weighted by molar-refractivity contribution is -0.0342. The minimum atomic E-state index is 0.215. The van der Waals surface area contributed by atoms with Gasteiger partial charge in [-0.3, -0.25) is 4.90 Å². The van der Waals surface area contributed by atoms with E-state index in [2.05, 4.69) is 31.0 Å². The van der Waals surface area contributed by atoms with E-state index in [4.69, 9.17) is 9.47 Å². The summed E-state index contributed by atoms with van der Waals surface area (Å²) in [5, 5.41) is 3.78. The Kier molecular flexibility index (Phi) is 8.69. The molecule has 1 N–H and O–H groups in total. The van der Waals surface area contributed by atoms with Gasteiger partial charge in [0, 0.05) is 38.4 Å². The summed E-state index contributed by atoms with van der Waals surface area (Å²) >= 11 is 0. The number of rotatable bonds is 10. The Morgan fingerprint density at radius 3 is 2.55 bits per heavy atom. The molecule has 0 radical (unpaired) electrons. The summed E-state index contributed by atoms with van der Waals surface area (Å²) in [7, 11) is 1.79. The highest BCUT2D eigenvalue weighted by Gasteiger charge is 2.38. The molecule has 0 bridgehead atoms. The Bertz CT molecular complexity index is 245. The Balaban J connectivity index is 2.69. The van der Waals surface area contributed by atoms with E-state index in [9.17, 15) is 0 Å². The van der Waals surface area contributed by atoms with Crippen molar-refractivity contribution in [3.05, 3.63) is 0 Å². The van der Waals surface area contributed by atoms with E-state index in [1.807, 2.05) is 0 Å². The van der Waals surface area contributed by atoms with Gasteiger partial charge in [-0.2, -0.15) is 0 Å². The van der Waals surface area contributed by atoms with E-state index < -0.39 is 0 Å². The van der Waals surface area contributed by atoms with Crippen molar-refractivity contribution in [2.75, 3.05) is 46.6 Å². The molecule has 0 amide bonds. The molecule has 0 aromatic rings. The normalized spacial score (nSPS) is 21.6. The first-order chi connectivity index (χ1) is 9.69. The summed E-state index contributed by atoms with van der Waals surface area (Å²) in [4.78, 5) is 2.62. The molecule has 1 saturated heterocycles. The van der Waals surface area contributed by atoms with E-state index in [-0.39, 0.29) is 5.54 Å². The van der Waals surface area contributed by atoms with Crippen LogP contribution in [0.2, 0.25) is 0 Å². The van der Waals surface area contributed by atoms with Crippen LogP contribution in [0.3, 0.4) is 0 Å². The van der Waals surface area contributed by atoms with Crippen LogP contribution in [0, 0.1) is 0 Å². The van der Waals surface area contributed by atoms with Gasteiger partial charge in [-0.15, -0.1) is 0 Å². The van der Waals surface area contributed by atoms with Crippen molar-refractivity contribution < 1.29 is 9.47 Å². The summed E-state index contributed by atoms with van der Waals surface area (Å²) < 4.78 is 10.7. The number of nitrogens with zero attached hydrogens (tertiary/aromatic N) is 1. The van der Waals surface area contributed by atoms with Crippen molar-refractivity contribution in [3.63, 3.8) is 0 Å². The molecule has 0 saturated carbocycles. The SMILES string of the molecule is CCCNC(CCCOC)C(C)(CC)N1CCOCC1. The zero-order valence-corrected chi connectivity index (χ0v) is 13.9. The molecule has 1 fully saturated rings. The first kappa shape index (κ1) is 17.9. The van der Waals surface area contributed by atoms with Gasteiger partial charge in [-0.05, 0) is 39.2 Å². The second-order valence-corrected chi connectivity index (χ2v) is 5.95. The fourth-order valence-electron chi connectivity index (χ4n) is 3.15. The van der Waals surface area contributed by atoms with Crippen molar-refractivity contribution in [3.8, 4) is 0 Å². The molecule has 2 unspecified atom stereocenters. The Morgan fingerprint density at radius 1 is 1.30 bits per heavy atom. The van der Waals surface area contributed by atoms with Gasteiger partial charge in [0.25, 0.3) is 0 Å². The molecule has 0 aromatic heterocycles. The number of hydrogen-bond donors (Lipinski definition) is 1. The Morgan fingerprint density at radius 2 is 2.00 bits per heavy atom. The second kappa shape index (κ2) is 9.72. The number of ether oxygens (including phenoxy) is 2. The maximum Gasteiger partial charge on any atom is 0.0594 e. The largest absolute Gasteiger partial charge is 0.385 e. The standard InChI is InChI=1S/C16H34N2O2/c1-5-9-17-15(8-7-12-19-4)16(3,6-2)18-10-13-20-14-11-18/h15,17H,5-14H2,1-4H3. The van der Waals surface area contributed by atoms with Gasteiger partial charge in [-0.25, -0.2) is 0 Å². The van der Waals surface area contributed by atoms with Crippen LogP contribution >= 0.6 is 0 Å². The molecule has 0 spiro atoms. The third kappa shape index (κ3) is 4.99. The van der Waals surface area contributed by atoms with Crippen molar-refractivity contribution in [1.29, 1.82) is 0 Å². The Hall–Kier alpha value is -0.160. The first-order valence-corrected chi connectivity index (χ1v) is 8.24. The quantitative estimate of drug-likeness (QED) is 0.625. The van der Waals surface area contributed by atoms with E-state index >= 15 is 0 Å². The average Bonchev–Trinajstić information content (AvgIpc) is 2.51. The van der Waals surface area contributed by atoms with Gasteiger partial charge in [0.15, 0.2) is 0 Å². The van der Waals surface area contributed by atoms with Crippen LogP contribution in [-0.4, -0.2) is 63.0 Å². The number of hydrogen-bond acceptors (Lipinski definition) is 4. The third-order valence-electron chi connectivity index (χ3n) is 4.68. The summed E-state index contributed by atoms with van der Waals surface area (Å²) in [5.41, 5.74) is 0.215. The molecule has 120 valence electrons. The molecule has 0 aromatic carbocycles. The molecule has 1 heterocycles. The maximum absolute atomic E-state index is 5.52. The fourth-order valence-corrected chi connectivity index (χ4v) is 3.15. The highest BCUT2D eigenvalue weighted by Crippen LogP contribution is 2.27. The molecule has 1 rings (SSSR count). The van der Waals surface area contributed by atoms with Crippen molar-refractivity contribution in [2.45, 2.75) is 58.0 Å². The van der Waals surface area contributed by atoms with E-state index in [0.717, 1.165) is 45.9 Å². The zero-order valence-electron chi connectivity index (χ0n) is 13.9. The molecule has 1 aliphatic heterocycles. The van der Waals surface area contributed by atoms with Crippen molar-refractivity contribution in [2.24, 2.45) is 0 Å².